The highest BCUT2D eigenvalue weighted by Crippen LogP contribution is 2.07. The first-order valence-corrected chi connectivity index (χ1v) is 5.07. The Morgan fingerprint density at radius 3 is 1.41 bits per heavy atom. The van der Waals surface area contributed by atoms with Crippen molar-refractivity contribution in [3.63, 3.8) is 0 Å². The average molecular weight is 243 g/mol. The minimum atomic E-state index is 0. The van der Waals surface area contributed by atoms with Crippen LogP contribution in [0.4, 0.5) is 11.4 Å². The maximum atomic E-state index is 7.74. The van der Waals surface area contributed by atoms with Crippen molar-refractivity contribution in [1.29, 1.82) is 5.41 Å². The normalized spacial score (nSPS) is 8.94. The zero-order valence-electron chi connectivity index (χ0n) is 9.18. The maximum Gasteiger partial charge on any atom is 0.197 e. The summed E-state index contributed by atoms with van der Waals surface area (Å²) in [5, 5.41) is 13.7. The van der Waals surface area contributed by atoms with Crippen molar-refractivity contribution in [3.8, 4) is 0 Å². The van der Waals surface area contributed by atoms with Crippen LogP contribution < -0.4 is 10.6 Å². The Hall–Kier alpha value is -1.94. The summed E-state index contributed by atoms with van der Waals surface area (Å²) in [6.45, 7) is 0. The first kappa shape index (κ1) is 13.1. The van der Waals surface area contributed by atoms with Crippen molar-refractivity contribution in [1.82, 2.24) is 0 Å². The van der Waals surface area contributed by atoms with E-state index in [9.17, 15) is 0 Å². The second-order valence-electron chi connectivity index (χ2n) is 3.36. The molecule has 4 heteroatoms. The topological polar surface area (TPSA) is 47.9 Å². The van der Waals surface area contributed by atoms with Crippen LogP contribution in [0.1, 0.15) is 0 Å². The third-order valence-corrected chi connectivity index (χ3v) is 2.09. The lowest BCUT2D eigenvalue weighted by atomic mass is 10.3. The van der Waals surface area contributed by atoms with E-state index in [-0.39, 0.29) is 19.5 Å². The minimum absolute atomic E-state index is 0. The highest BCUT2D eigenvalue weighted by molar-refractivity contribution is 7.59. The van der Waals surface area contributed by atoms with Crippen molar-refractivity contribution < 1.29 is 0 Å². The van der Waals surface area contributed by atoms with E-state index in [1.807, 2.05) is 60.7 Å². The lowest BCUT2D eigenvalue weighted by Crippen LogP contribution is -2.20. The molecule has 2 radical (unpaired) electrons. The van der Waals surface area contributed by atoms with Crippen LogP contribution in [-0.2, 0) is 0 Å². The molecule has 3 nitrogen and oxygen atoms in total. The number of para-hydroxylation sites is 2. The van der Waals surface area contributed by atoms with E-state index in [0.29, 0.717) is 0 Å². The Morgan fingerprint density at radius 2 is 1.06 bits per heavy atom. The molecule has 0 unspecified atom stereocenters. The molecular weight excluding hydrogens is 230 g/mol. The first-order valence-electron chi connectivity index (χ1n) is 5.07. The molecule has 17 heavy (non-hydrogen) atoms. The third kappa shape index (κ3) is 4.20. The number of anilines is 2. The van der Waals surface area contributed by atoms with Gasteiger partial charge in [-0.2, -0.15) is 0 Å². The molecule has 0 aliphatic rings. The van der Waals surface area contributed by atoms with Crippen LogP contribution in [0.5, 0.6) is 0 Å². The van der Waals surface area contributed by atoms with Gasteiger partial charge in [-0.05, 0) is 24.3 Å². The molecule has 0 amide bonds. The van der Waals surface area contributed by atoms with Crippen molar-refractivity contribution in [2.75, 3.05) is 10.6 Å². The van der Waals surface area contributed by atoms with Gasteiger partial charge in [-0.1, -0.05) is 36.4 Å². The Bertz CT molecular complexity index is 413. The van der Waals surface area contributed by atoms with Gasteiger partial charge in [-0.3, -0.25) is 5.41 Å². The molecule has 2 rings (SSSR count). The predicted molar refractivity (Wildman–Crippen MR) is 75.4 cm³/mol. The summed E-state index contributed by atoms with van der Waals surface area (Å²) in [7, 11) is 0. The van der Waals surface area contributed by atoms with Crippen LogP contribution in [0.15, 0.2) is 60.7 Å². The second kappa shape index (κ2) is 6.60. The Kier molecular flexibility index (Phi) is 5.10. The van der Waals surface area contributed by atoms with Crippen LogP contribution in [0.25, 0.3) is 0 Å². The van der Waals surface area contributed by atoms with E-state index in [1.165, 1.54) is 0 Å². The van der Waals surface area contributed by atoms with Crippen LogP contribution >= 0.6 is 13.5 Å². The van der Waals surface area contributed by atoms with Crippen LogP contribution in [-0.4, -0.2) is 5.96 Å². The van der Waals surface area contributed by atoms with Crippen molar-refractivity contribution in [3.05, 3.63) is 60.7 Å². The fraction of sp³-hybridized carbons (Fsp3) is 0. The third-order valence-electron chi connectivity index (χ3n) is 2.09. The fourth-order valence-corrected chi connectivity index (χ4v) is 1.36. The quantitative estimate of drug-likeness (QED) is 0.555. The Balaban J connectivity index is 0.00000144. The maximum absolute atomic E-state index is 7.74. The summed E-state index contributed by atoms with van der Waals surface area (Å²) in [5.74, 6) is 0.261. The molecule has 0 aliphatic carbocycles. The molecule has 0 saturated carbocycles. The van der Waals surface area contributed by atoms with Crippen LogP contribution in [0.3, 0.4) is 0 Å². The monoisotopic (exact) mass is 243 g/mol. The highest BCUT2D eigenvalue weighted by atomic mass is 32.1. The standard InChI is InChI=1S/C13H13N3.S/c14-13(15-11-7-3-1-4-8-11)16-12-9-5-2-6-10-12;/h1-10H,(H3,14,15,16);. The van der Waals surface area contributed by atoms with Gasteiger partial charge in [-0.25, -0.2) is 0 Å². The summed E-state index contributed by atoms with van der Waals surface area (Å²) >= 11 is 0. The van der Waals surface area contributed by atoms with Gasteiger partial charge in [-0.15, -0.1) is 0 Å². The van der Waals surface area contributed by atoms with E-state index < -0.39 is 0 Å². The number of hydrogen-bond acceptors (Lipinski definition) is 1. The Morgan fingerprint density at radius 1 is 0.706 bits per heavy atom. The molecule has 0 saturated heterocycles. The highest BCUT2D eigenvalue weighted by Gasteiger charge is 1.96. The molecule has 0 aliphatic heterocycles. The van der Waals surface area contributed by atoms with Gasteiger partial charge >= 0.3 is 0 Å². The number of guanidine groups is 1. The largest absolute Gasteiger partial charge is 0.326 e. The number of rotatable bonds is 2. The van der Waals surface area contributed by atoms with E-state index >= 15 is 0 Å². The number of benzene rings is 2. The van der Waals surface area contributed by atoms with Crippen molar-refractivity contribution >= 4 is 30.8 Å². The Labute approximate surface area is 108 Å². The minimum Gasteiger partial charge on any atom is -0.326 e. The summed E-state index contributed by atoms with van der Waals surface area (Å²) in [5.41, 5.74) is 1.80. The molecule has 86 valence electrons. The van der Waals surface area contributed by atoms with Gasteiger partial charge in [0.25, 0.3) is 0 Å². The number of nitrogens with one attached hydrogen (secondary N) is 3. The lowest BCUT2D eigenvalue weighted by Gasteiger charge is -2.09. The molecule has 0 heterocycles. The van der Waals surface area contributed by atoms with Crippen molar-refractivity contribution in [2.24, 2.45) is 0 Å². The zero-order valence-corrected chi connectivity index (χ0v) is 10.00. The van der Waals surface area contributed by atoms with E-state index in [1.54, 1.807) is 0 Å². The average Bonchev–Trinajstić information content (AvgIpc) is 2.31. The molecule has 2 aromatic rings. The first-order chi connectivity index (χ1) is 7.84. The SMILES string of the molecule is N=C(Nc1ccccc1)Nc1ccccc1.[S]. The summed E-state index contributed by atoms with van der Waals surface area (Å²) in [6, 6.07) is 19.3. The van der Waals surface area contributed by atoms with Gasteiger partial charge in [0, 0.05) is 24.9 Å². The van der Waals surface area contributed by atoms with Gasteiger partial charge in [0.2, 0.25) is 0 Å². The van der Waals surface area contributed by atoms with Gasteiger partial charge in [0.05, 0.1) is 0 Å². The summed E-state index contributed by atoms with van der Waals surface area (Å²) in [4.78, 5) is 0. The smallest absolute Gasteiger partial charge is 0.197 e. The second-order valence-corrected chi connectivity index (χ2v) is 3.36. The molecule has 0 spiro atoms. The zero-order chi connectivity index (χ0) is 11.2. The van der Waals surface area contributed by atoms with E-state index in [4.69, 9.17) is 5.41 Å². The molecule has 0 atom stereocenters. The molecular formula is C13H13N3S. The predicted octanol–water partition coefficient (Wildman–Crippen LogP) is 3.79. The van der Waals surface area contributed by atoms with Crippen molar-refractivity contribution in [2.45, 2.75) is 0 Å². The van der Waals surface area contributed by atoms with Gasteiger partial charge < -0.3 is 10.6 Å². The van der Waals surface area contributed by atoms with E-state index in [2.05, 4.69) is 10.6 Å². The summed E-state index contributed by atoms with van der Waals surface area (Å²) in [6.07, 6.45) is 0. The van der Waals surface area contributed by atoms with E-state index in [0.717, 1.165) is 11.4 Å². The molecule has 0 bridgehead atoms. The summed E-state index contributed by atoms with van der Waals surface area (Å²) < 4.78 is 0. The fourth-order valence-electron chi connectivity index (χ4n) is 1.36. The molecule has 3 N–H and O–H groups in total. The number of hydrogen-bond donors (Lipinski definition) is 3. The lowest BCUT2D eigenvalue weighted by molar-refractivity contribution is 1.43. The molecule has 0 aromatic heterocycles. The molecule has 0 fully saturated rings. The van der Waals surface area contributed by atoms with Crippen LogP contribution in [0, 0.1) is 5.41 Å². The molecule has 2 aromatic carbocycles. The van der Waals surface area contributed by atoms with Gasteiger partial charge in [0.1, 0.15) is 0 Å². The van der Waals surface area contributed by atoms with Crippen LogP contribution in [0.2, 0.25) is 0 Å². The van der Waals surface area contributed by atoms with Gasteiger partial charge in [0.15, 0.2) is 5.96 Å².